The van der Waals surface area contributed by atoms with Gasteiger partial charge in [0, 0.05) is 43.5 Å². The SMILES string of the molecule is CCN(C(=O)c1ccc(NC(=O)c2ncc(-c3ccc(OCC#N)c(F)c3F)n2C)cc1C)N(C(N)=O)[C@@H]1CNC[C@H]1O. The number of rotatable bonds is 8. The number of carbonyl (C=O) groups excluding carboxylic acids is 3. The molecule has 0 saturated carbocycles. The zero-order valence-corrected chi connectivity index (χ0v) is 23.6. The van der Waals surface area contributed by atoms with Gasteiger partial charge < -0.3 is 30.8 Å². The molecule has 226 valence electrons. The summed E-state index contributed by atoms with van der Waals surface area (Å²) in [7, 11) is 1.46. The number of anilines is 1. The van der Waals surface area contributed by atoms with E-state index in [-0.39, 0.29) is 42.3 Å². The number of benzene rings is 2. The number of nitriles is 1. The minimum atomic E-state index is -1.28. The van der Waals surface area contributed by atoms with Crippen LogP contribution in [0.4, 0.5) is 19.3 Å². The molecule has 43 heavy (non-hydrogen) atoms. The first-order valence-corrected chi connectivity index (χ1v) is 13.2. The Hall–Kier alpha value is -5.07. The predicted octanol–water partition coefficient (Wildman–Crippen LogP) is 1.92. The topological polar surface area (TPSA) is 179 Å². The van der Waals surface area contributed by atoms with Crippen LogP contribution in [0.15, 0.2) is 36.5 Å². The molecule has 1 aliphatic rings. The number of aryl methyl sites for hydroxylation is 1. The van der Waals surface area contributed by atoms with E-state index in [0.717, 1.165) is 5.01 Å². The zero-order valence-electron chi connectivity index (χ0n) is 23.6. The van der Waals surface area contributed by atoms with Crippen LogP contribution in [0.2, 0.25) is 0 Å². The van der Waals surface area contributed by atoms with Gasteiger partial charge in [-0.3, -0.25) is 9.59 Å². The van der Waals surface area contributed by atoms with Gasteiger partial charge in [0.15, 0.2) is 24.0 Å². The number of nitrogens with two attached hydrogens (primary N) is 1. The highest BCUT2D eigenvalue weighted by molar-refractivity contribution is 6.03. The van der Waals surface area contributed by atoms with Crippen molar-refractivity contribution in [3.8, 4) is 23.1 Å². The maximum absolute atomic E-state index is 14.8. The van der Waals surface area contributed by atoms with E-state index < -0.39 is 54.0 Å². The molecule has 13 nitrogen and oxygen atoms in total. The van der Waals surface area contributed by atoms with Crippen LogP contribution in [0.3, 0.4) is 0 Å². The second-order valence-corrected chi connectivity index (χ2v) is 9.69. The fourth-order valence-electron chi connectivity index (χ4n) is 4.89. The van der Waals surface area contributed by atoms with Crippen molar-refractivity contribution in [2.75, 3.05) is 31.6 Å². The molecule has 1 aliphatic heterocycles. The molecule has 1 fully saturated rings. The molecule has 5 N–H and O–H groups in total. The van der Waals surface area contributed by atoms with Crippen molar-refractivity contribution in [1.29, 1.82) is 5.26 Å². The fraction of sp³-hybridized carbons (Fsp3) is 0.321. The Bertz CT molecular complexity index is 1600. The Morgan fingerprint density at radius 1 is 1.26 bits per heavy atom. The number of amides is 4. The number of halogens is 2. The van der Waals surface area contributed by atoms with Gasteiger partial charge >= 0.3 is 6.03 Å². The number of nitrogens with zero attached hydrogens (tertiary/aromatic N) is 5. The molecule has 0 unspecified atom stereocenters. The Morgan fingerprint density at radius 2 is 2.00 bits per heavy atom. The average Bonchev–Trinajstić information content (AvgIpc) is 3.56. The Labute approximate surface area is 245 Å². The summed E-state index contributed by atoms with van der Waals surface area (Å²) >= 11 is 0. The normalized spacial score (nSPS) is 15.9. The summed E-state index contributed by atoms with van der Waals surface area (Å²) in [6, 6.07) is 7.03. The summed E-state index contributed by atoms with van der Waals surface area (Å²) in [5.41, 5.74) is 6.57. The lowest BCUT2D eigenvalue weighted by Gasteiger charge is -2.38. The highest BCUT2D eigenvalue weighted by Crippen LogP contribution is 2.30. The molecular weight excluding hydrogens is 566 g/mol. The van der Waals surface area contributed by atoms with Gasteiger partial charge in [0.2, 0.25) is 5.82 Å². The van der Waals surface area contributed by atoms with Crippen molar-refractivity contribution in [3.05, 3.63) is 65.1 Å². The molecule has 2 heterocycles. The zero-order chi connectivity index (χ0) is 31.4. The molecule has 1 aromatic heterocycles. The van der Waals surface area contributed by atoms with Crippen LogP contribution in [0.5, 0.6) is 5.75 Å². The lowest BCUT2D eigenvalue weighted by molar-refractivity contribution is -0.0243. The number of hydrazine groups is 1. The van der Waals surface area contributed by atoms with Gasteiger partial charge in [-0.25, -0.2) is 24.2 Å². The fourth-order valence-corrected chi connectivity index (χ4v) is 4.89. The number of imidazole rings is 1. The van der Waals surface area contributed by atoms with Crippen molar-refractivity contribution in [2.45, 2.75) is 26.0 Å². The smallest absolute Gasteiger partial charge is 0.334 e. The standard InChI is InChI=1S/C28H30F2N8O5/c1-4-37(38(28(32)42)20-12-33-14-21(20)39)27(41)17-6-5-16(11-15(17)2)35-26(40)25-34-13-19(36(25)3)18-7-8-22(43-10-9-31)24(30)23(18)29/h5-8,11,13,20-21,33,39H,4,10,12,14H2,1-3H3,(H2,32,42)(H,35,40)/t20-,21-/m1/s1. The molecule has 15 heteroatoms. The molecule has 1 saturated heterocycles. The first kappa shape index (κ1) is 30.9. The van der Waals surface area contributed by atoms with Gasteiger partial charge in [0.25, 0.3) is 11.8 Å². The van der Waals surface area contributed by atoms with Gasteiger partial charge in [0.1, 0.15) is 6.07 Å². The quantitative estimate of drug-likeness (QED) is 0.285. The number of carbonyl (C=O) groups is 3. The molecule has 4 amide bonds. The van der Waals surface area contributed by atoms with E-state index in [4.69, 9.17) is 15.7 Å². The van der Waals surface area contributed by atoms with Gasteiger partial charge in [-0.15, -0.1) is 0 Å². The second kappa shape index (κ2) is 12.8. The Morgan fingerprint density at radius 3 is 2.60 bits per heavy atom. The van der Waals surface area contributed by atoms with Gasteiger partial charge in [0.05, 0.1) is 24.0 Å². The third-order valence-electron chi connectivity index (χ3n) is 7.01. The molecule has 2 aromatic carbocycles. The van der Waals surface area contributed by atoms with Crippen LogP contribution in [-0.4, -0.2) is 80.9 Å². The number of nitrogens with one attached hydrogen (secondary N) is 2. The van der Waals surface area contributed by atoms with E-state index in [0.29, 0.717) is 11.3 Å². The number of hydrogen-bond donors (Lipinski definition) is 4. The minimum absolute atomic E-state index is 0.101. The number of aromatic nitrogens is 2. The number of hydrogen-bond acceptors (Lipinski definition) is 8. The van der Waals surface area contributed by atoms with E-state index in [2.05, 4.69) is 15.6 Å². The Balaban J connectivity index is 1.53. The summed E-state index contributed by atoms with van der Waals surface area (Å²) in [6.07, 6.45) is 0.314. The molecule has 0 aliphatic carbocycles. The van der Waals surface area contributed by atoms with E-state index in [1.54, 1.807) is 26.0 Å². The highest BCUT2D eigenvalue weighted by Gasteiger charge is 2.38. The van der Waals surface area contributed by atoms with E-state index >= 15 is 0 Å². The third-order valence-corrected chi connectivity index (χ3v) is 7.01. The van der Waals surface area contributed by atoms with Crippen molar-refractivity contribution in [2.24, 2.45) is 12.8 Å². The number of β-amino-alcohol motifs (C(OH)–C–C–N with tert-alkyl or cyclic N) is 1. The molecule has 0 spiro atoms. The van der Waals surface area contributed by atoms with Crippen molar-refractivity contribution >= 4 is 23.5 Å². The minimum Gasteiger partial charge on any atom is -0.476 e. The average molecular weight is 597 g/mol. The lowest BCUT2D eigenvalue weighted by atomic mass is 10.1. The molecule has 0 radical (unpaired) electrons. The first-order chi connectivity index (χ1) is 20.5. The van der Waals surface area contributed by atoms with E-state index in [1.165, 1.54) is 47.1 Å². The molecule has 2 atom stereocenters. The molecule has 3 aromatic rings. The maximum atomic E-state index is 14.8. The summed E-state index contributed by atoms with van der Waals surface area (Å²) in [5, 5.41) is 26.7. The molecular formula is C28H30F2N8O5. The largest absolute Gasteiger partial charge is 0.476 e. The molecule has 4 rings (SSSR count). The van der Waals surface area contributed by atoms with Gasteiger partial charge in [-0.2, -0.15) is 9.65 Å². The van der Waals surface area contributed by atoms with Crippen LogP contribution >= 0.6 is 0 Å². The Kier molecular flexibility index (Phi) is 9.22. The van der Waals surface area contributed by atoms with Crippen LogP contribution < -0.4 is 21.1 Å². The van der Waals surface area contributed by atoms with Crippen molar-refractivity contribution < 1.29 is 33.0 Å². The summed E-state index contributed by atoms with van der Waals surface area (Å²) in [5.74, 6) is -4.20. The second-order valence-electron chi connectivity index (χ2n) is 9.69. The van der Waals surface area contributed by atoms with Crippen molar-refractivity contribution in [3.63, 3.8) is 0 Å². The van der Waals surface area contributed by atoms with Gasteiger partial charge in [-0.05, 0) is 49.7 Å². The summed E-state index contributed by atoms with van der Waals surface area (Å²) < 4.78 is 35.4. The van der Waals surface area contributed by atoms with Crippen LogP contribution in [0.1, 0.15) is 33.5 Å². The number of aliphatic hydroxyl groups is 1. The van der Waals surface area contributed by atoms with Crippen LogP contribution in [0.25, 0.3) is 11.3 Å². The highest BCUT2D eigenvalue weighted by atomic mass is 19.2. The van der Waals surface area contributed by atoms with Crippen molar-refractivity contribution in [1.82, 2.24) is 24.9 Å². The van der Waals surface area contributed by atoms with E-state index in [1.807, 2.05) is 0 Å². The first-order valence-electron chi connectivity index (χ1n) is 13.2. The van der Waals surface area contributed by atoms with Crippen LogP contribution in [0, 0.1) is 29.9 Å². The van der Waals surface area contributed by atoms with E-state index in [9.17, 15) is 28.3 Å². The summed E-state index contributed by atoms with van der Waals surface area (Å²) in [6.45, 7) is 3.48. The number of urea groups is 1. The van der Waals surface area contributed by atoms with Gasteiger partial charge in [-0.1, -0.05) is 0 Å². The summed E-state index contributed by atoms with van der Waals surface area (Å²) in [4.78, 5) is 42.9. The third kappa shape index (κ3) is 6.10. The number of ether oxygens (including phenoxy) is 1. The molecule has 0 bridgehead atoms. The number of primary amides is 1. The monoisotopic (exact) mass is 596 g/mol. The number of aliphatic hydroxyl groups excluding tert-OH is 1. The lowest BCUT2D eigenvalue weighted by Crippen LogP contribution is -2.59. The predicted molar refractivity (Wildman–Crippen MR) is 150 cm³/mol. The van der Waals surface area contributed by atoms with Crippen LogP contribution in [-0.2, 0) is 7.05 Å². The maximum Gasteiger partial charge on any atom is 0.334 e.